The Hall–Kier alpha value is -3.42. The van der Waals surface area contributed by atoms with Crippen molar-refractivity contribution in [3.05, 3.63) is 53.7 Å². The molecular formula is C24H23F2N3O3. The van der Waals surface area contributed by atoms with Gasteiger partial charge in [-0.25, -0.2) is 4.68 Å². The molecule has 1 saturated carbocycles. The van der Waals surface area contributed by atoms with Crippen molar-refractivity contribution in [2.75, 3.05) is 5.32 Å². The summed E-state index contributed by atoms with van der Waals surface area (Å²) in [5, 5.41) is 8.08. The number of nitrogens with one attached hydrogen (secondary N) is 1. The summed E-state index contributed by atoms with van der Waals surface area (Å²) in [6.07, 6.45) is -2.43. The minimum Gasteiger partial charge on any atom is -0.395 e. The molecular weight excluding hydrogens is 416 g/mol. The summed E-state index contributed by atoms with van der Waals surface area (Å²) in [6.45, 7) is 9.99. The van der Waals surface area contributed by atoms with Crippen molar-refractivity contribution in [1.29, 1.82) is 0 Å². The average Bonchev–Trinajstić information content (AvgIpc) is 3.34. The molecule has 2 heterocycles. The van der Waals surface area contributed by atoms with Crippen LogP contribution in [-0.2, 0) is 15.6 Å². The number of hydrogen-bond acceptors (Lipinski definition) is 4. The molecule has 0 unspecified atom stereocenters. The normalized spacial score (nSPS) is 17.9. The smallest absolute Gasteiger partial charge is 0.395 e. The van der Waals surface area contributed by atoms with Crippen LogP contribution in [0.1, 0.15) is 44.9 Å². The van der Waals surface area contributed by atoms with Gasteiger partial charge in [-0.15, -0.1) is 8.78 Å². The zero-order valence-electron chi connectivity index (χ0n) is 18.0. The van der Waals surface area contributed by atoms with E-state index in [1.165, 1.54) is 12.1 Å². The van der Waals surface area contributed by atoms with Crippen LogP contribution in [-0.4, -0.2) is 23.6 Å². The van der Waals surface area contributed by atoms with E-state index in [0.29, 0.717) is 24.1 Å². The number of carbonyl (C=O) groups is 1. The summed E-state index contributed by atoms with van der Waals surface area (Å²) in [5.74, 6) is -0.267. The molecule has 2 aliphatic rings. The first kappa shape index (κ1) is 20.5. The number of halogens is 2. The van der Waals surface area contributed by atoms with Gasteiger partial charge in [0.1, 0.15) is 0 Å². The molecule has 0 atom stereocenters. The molecule has 2 aromatic carbocycles. The predicted molar refractivity (Wildman–Crippen MR) is 118 cm³/mol. The van der Waals surface area contributed by atoms with Crippen molar-refractivity contribution < 1.29 is 23.0 Å². The van der Waals surface area contributed by atoms with Crippen LogP contribution in [0, 0.1) is 0 Å². The van der Waals surface area contributed by atoms with Crippen molar-refractivity contribution >= 4 is 29.2 Å². The van der Waals surface area contributed by atoms with Gasteiger partial charge >= 0.3 is 6.29 Å². The maximum Gasteiger partial charge on any atom is 0.586 e. The van der Waals surface area contributed by atoms with Gasteiger partial charge < -0.3 is 14.8 Å². The van der Waals surface area contributed by atoms with Crippen LogP contribution in [0.5, 0.6) is 11.5 Å². The highest BCUT2D eigenvalue weighted by Gasteiger charge is 2.52. The number of alkyl halides is 2. The molecule has 5 rings (SSSR count). The van der Waals surface area contributed by atoms with Gasteiger partial charge in [0.2, 0.25) is 5.91 Å². The van der Waals surface area contributed by atoms with Crippen LogP contribution < -0.4 is 14.8 Å². The molecule has 0 spiro atoms. The van der Waals surface area contributed by atoms with Crippen molar-refractivity contribution in [2.24, 2.45) is 5.10 Å². The van der Waals surface area contributed by atoms with E-state index in [1.54, 1.807) is 6.07 Å². The van der Waals surface area contributed by atoms with E-state index in [0.717, 1.165) is 16.6 Å². The number of anilines is 1. The SMILES string of the molecule is C=Nn1c(C(C)(C)C)cc2cc(NC(=O)C3(c4ccc5c(c4)OC(F)(F)O5)CC3)ccc21. The van der Waals surface area contributed by atoms with E-state index in [-0.39, 0.29) is 22.8 Å². The Morgan fingerprint density at radius 1 is 1.09 bits per heavy atom. The fourth-order valence-electron chi connectivity index (χ4n) is 4.23. The van der Waals surface area contributed by atoms with Crippen LogP contribution in [0.4, 0.5) is 14.5 Å². The lowest BCUT2D eigenvalue weighted by Gasteiger charge is -2.19. The second-order valence-corrected chi connectivity index (χ2v) is 9.37. The summed E-state index contributed by atoms with van der Waals surface area (Å²) in [5.41, 5.74) is 2.31. The Bertz CT molecular complexity index is 1270. The molecule has 1 aliphatic heterocycles. The number of benzene rings is 2. The molecule has 1 amide bonds. The van der Waals surface area contributed by atoms with Gasteiger partial charge in [-0.1, -0.05) is 26.8 Å². The maximum absolute atomic E-state index is 13.3. The van der Waals surface area contributed by atoms with E-state index in [2.05, 4.69) is 47.4 Å². The standard InChI is InChI=1S/C24H23F2N3O3/c1-22(2,3)20-12-14-11-16(6-7-17(14)29(20)27-4)28-21(30)23(9-10-23)15-5-8-18-19(13-15)32-24(25,26)31-18/h5-8,11-13H,4,9-10H2,1-3H3,(H,28,30). The summed E-state index contributed by atoms with van der Waals surface area (Å²) >= 11 is 0. The predicted octanol–water partition coefficient (Wildman–Crippen LogP) is 5.39. The van der Waals surface area contributed by atoms with Gasteiger partial charge in [-0.05, 0) is 54.8 Å². The Morgan fingerprint density at radius 3 is 2.47 bits per heavy atom. The second-order valence-electron chi connectivity index (χ2n) is 9.37. The Balaban J connectivity index is 1.42. The third-order valence-corrected chi connectivity index (χ3v) is 6.08. The zero-order chi connectivity index (χ0) is 22.9. The number of carbonyl (C=O) groups excluding carboxylic acids is 1. The maximum atomic E-state index is 13.3. The van der Waals surface area contributed by atoms with Crippen LogP contribution in [0.25, 0.3) is 10.9 Å². The highest BCUT2D eigenvalue weighted by molar-refractivity contribution is 6.02. The Kier molecular flexibility index (Phi) is 4.19. The zero-order valence-corrected chi connectivity index (χ0v) is 18.0. The molecule has 1 aliphatic carbocycles. The van der Waals surface area contributed by atoms with E-state index in [1.807, 2.05) is 28.9 Å². The first-order chi connectivity index (χ1) is 15.0. The number of rotatable bonds is 4. The third-order valence-electron chi connectivity index (χ3n) is 6.08. The molecule has 0 bridgehead atoms. The third kappa shape index (κ3) is 3.21. The van der Waals surface area contributed by atoms with Crippen LogP contribution in [0.3, 0.4) is 0 Å². The number of hydrogen-bond donors (Lipinski definition) is 1. The Morgan fingerprint density at radius 2 is 1.81 bits per heavy atom. The summed E-state index contributed by atoms with van der Waals surface area (Å²) in [7, 11) is 0. The molecule has 6 nitrogen and oxygen atoms in total. The number of aromatic nitrogens is 1. The van der Waals surface area contributed by atoms with Crippen molar-refractivity contribution in [3.63, 3.8) is 0 Å². The van der Waals surface area contributed by atoms with Crippen LogP contribution in [0.2, 0.25) is 0 Å². The van der Waals surface area contributed by atoms with Gasteiger partial charge in [0.25, 0.3) is 0 Å². The van der Waals surface area contributed by atoms with Crippen molar-refractivity contribution in [1.82, 2.24) is 4.68 Å². The molecule has 32 heavy (non-hydrogen) atoms. The first-order valence-corrected chi connectivity index (χ1v) is 10.4. The van der Waals surface area contributed by atoms with E-state index in [4.69, 9.17) is 0 Å². The van der Waals surface area contributed by atoms with E-state index >= 15 is 0 Å². The van der Waals surface area contributed by atoms with Gasteiger partial charge in [-0.2, -0.15) is 5.10 Å². The number of nitrogens with zero attached hydrogens (tertiary/aromatic N) is 2. The van der Waals surface area contributed by atoms with E-state index < -0.39 is 11.7 Å². The molecule has 0 saturated heterocycles. The van der Waals surface area contributed by atoms with E-state index in [9.17, 15) is 13.6 Å². The van der Waals surface area contributed by atoms with Gasteiger partial charge in [0, 0.05) is 28.9 Å². The molecule has 3 aromatic rings. The number of ether oxygens (including phenoxy) is 2. The number of fused-ring (bicyclic) bond motifs is 2. The van der Waals surface area contributed by atoms with Gasteiger partial charge in [-0.3, -0.25) is 4.79 Å². The van der Waals surface area contributed by atoms with Crippen molar-refractivity contribution in [3.8, 4) is 11.5 Å². The molecule has 1 aromatic heterocycles. The minimum atomic E-state index is -3.68. The second kappa shape index (κ2) is 6.54. The quantitative estimate of drug-likeness (QED) is 0.554. The topological polar surface area (TPSA) is 64.9 Å². The average molecular weight is 439 g/mol. The van der Waals surface area contributed by atoms with Crippen LogP contribution >= 0.6 is 0 Å². The summed E-state index contributed by atoms with van der Waals surface area (Å²) in [4.78, 5) is 13.2. The molecule has 1 fully saturated rings. The lowest BCUT2D eigenvalue weighted by molar-refractivity contribution is -0.286. The minimum absolute atomic E-state index is 0.0320. The molecule has 0 radical (unpaired) electrons. The van der Waals surface area contributed by atoms with Crippen molar-refractivity contribution in [2.45, 2.75) is 50.7 Å². The lowest BCUT2D eigenvalue weighted by Crippen LogP contribution is -2.27. The summed E-state index contributed by atoms with van der Waals surface area (Å²) < 4.78 is 37.5. The highest BCUT2D eigenvalue weighted by Crippen LogP contribution is 2.52. The van der Waals surface area contributed by atoms with Gasteiger partial charge in [0.15, 0.2) is 11.5 Å². The molecule has 166 valence electrons. The molecule has 8 heteroatoms. The number of amides is 1. The molecule has 1 N–H and O–H groups in total. The highest BCUT2D eigenvalue weighted by atomic mass is 19.3. The summed E-state index contributed by atoms with van der Waals surface area (Å²) in [6, 6.07) is 12.2. The largest absolute Gasteiger partial charge is 0.586 e. The van der Waals surface area contributed by atoms with Crippen LogP contribution in [0.15, 0.2) is 47.6 Å². The first-order valence-electron chi connectivity index (χ1n) is 10.4. The fraction of sp³-hybridized carbons (Fsp3) is 0.333. The fourth-order valence-corrected chi connectivity index (χ4v) is 4.23. The lowest BCUT2D eigenvalue weighted by atomic mass is 9.92. The monoisotopic (exact) mass is 439 g/mol. The van der Waals surface area contributed by atoms with Gasteiger partial charge in [0.05, 0.1) is 10.9 Å². The Labute approximate surface area is 183 Å².